The average molecular weight is 411 g/mol. The SMILES string of the molecule is CCNC(=NCc1ccc(S(C)(=O)=O)cc1)NCC.I. The van der Waals surface area contributed by atoms with E-state index in [1.165, 1.54) is 6.26 Å². The Morgan fingerprint density at radius 3 is 2.00 bits per heavy atom. The van der Waals surface area contributed by atoms with Gasteiger partial charge in [0.05, 0.1) is 11.4 Å². The molecular weight excluding hydrogens is 389 g/mol. The van der Waals surface area contributed by atoms with Crippen molar-refractivity contribution in [3.63, 3.8) is 0 Å². The highest BCUT2D eigenvalue weighted by atomic mass is 127. The highest BCUT2D eigenvalue weighted by Gasteiger charge is 2.05. The fourth-order valence-electron chi connectivity index (χ4n) is 1.52. The normalized spacial score (nSPS) is 10.3. The van der Waals surface area contributed by atoms with Crippen LogP contribution in [0.25, 0.3) is 0 Å². The van der Waals surface area contributed by atoms with Crippen molar-refractivity contribution in [1.29, 1.82) is 0 Å². The summed E-state index contributed by atoms with van der Waals surface area (Å²) in [6.07, 6.45) is 1.20. The number of nitrogens with zero attached hydrogens (tertiary/aromatic N) is 1. The molecule has 0 atom stereocenters. The molecule has 7 heteroatoms. The van der Waals surface area contributed by atoms with Crippen LogP contribution in [0.3, 0.4) is 0 Å². The Balaban J connectivity index is 0.00000361. The molecule has 0 heterocycles. The van der Waals surface area contributed by atoms with Crippen LogP contribution >= 0.6 is 24.0 Å². The molecule has 1 rings (SSSR count). The Kier molecular flexibility index (Phi) is 8.79. The van der Waals surface area contributed by atoms with Gasteiger partial charge < -0.3 is 10.6 Å². The molecule has 0 spiro atoms. The number of nitrogens with one attached hydrogen (secondary N) is 2. The molecule has 0 aromatic heterocycles. The van der Waals surface area contributed by atoms with Crippen molar-refractivity contribution in [2.24, 2.45) is 4.99 Å². The van der Waals surface area contributed by atoms with E-state index in [9.17, 15) is 8.42 Å². The number of hydrogen-bond donors (Lipinski definition) is 2. The molecule has 20 heavy (non-hydrogen) atoms. The highest BCUT2D eigenvalue weighted by Crippen LogP contribution is 2.10. The lowest BCUT2D eigenvalue weighted by molar-refractivity contribution is 0.602. The van der Waals surface area contributed by atoms with E-state index in [-0.39, 0.29) is 24.0 Å². The van der Waals surface area contributed by atoms with Gasteiger partial charge in [-0.05, 0) is 31.5 Å². The van der Waals surface area contributed by atoms with Crippen LogP contribution in [-0.2, 0) is 16.4 Å². The maximum Gasteiger partial charge on any atom is 0.191 e. The van der Waals surface area contributed by atoms with Crippen molar-refractivity contribution in [1.82, 2.24) is 10.6 Å². The Morgan fingerprint density at radius 2 is 1.60 bits per heavy atom. The third kappa shape index (κ3) is 6.56. The standard InChI is InChI=1S/C13H21N3O2S.HI/c1-4-14-13(15-5-2)16-10-11-6-8-12(9-7-11)19(3,17)18;/h6-9H,4-5,10H2,1-3H3,(H2,14,15,16);1H. The molecule has 0 unspecified atom stereocenters. The number of guanidine groups is 1. The van der Waals surface area contributed by atoms with Crippen LogP contribution in [0.15, 0.2) is 34.2 Å². The van der Waals surface area contributed by atoms with Gasteiger partial charge in [0.15, 0.2) is 15.8 Å². The van der Waals surface area contributed by atoms with Crippen LogP contribution in [-0.4, -0.2) is 33.7 Å². The number of halogens is 1. The molecule has 0 radical (unpaired) electrons. The van der Waals surface area contributed by atoms with Gasteiger partial charge in [0.1, 0.15) is 0 Å². The smallest absolute Gasteiger partial charge is 0.191 e. The van der Waals surface area contributed by atoms with Crippen molar-refractivity contribution in [2.45, 2.75) is 25.3 Å². The second-order valence-electron chi connectivity index (χ2n) is 4.14. The molecule has 0 aliphatic carbocycles. The number of hydrogen-bond acceptors (Lipinski definition) is 3. The zero-order valence-electron chi connectivity index (χ0n) is 12.0. The summed E-state index contributed by atoms with van der Waals surface area (Å²) >= 11 is 0. The summed E-state index contributed by atoms with van der Waals surface area (Å²) in [6.45, 7) is 6.14. The summed E-state index contributed by atoms with van der Waals surface area (Å²) in [5.41, 5.74) is 0.973. The van der Waals surface area contributed by atoms with E-state index in [4.69, 9.17) is 0 Å². The van der Waals surface area contributed by atoms with E-state index in [1.54, 1.807) is 24.3 Å². The van der Waals surface area contributed by atoms with Gasteiger partial charge in [-0.15, -0.1) is 24.0 Å². The van der Waals surface area contributed by atoms with Crippen LogP contribution < -0.4 is 10.6 Å². The highest BCUT2D eigenvalue weighted by molar-refractivity contribution is 14.0. The fraction of sp³-hybridized carbons (Fsp3) is 0.462. The molecule has 5 nitrogen and oxygen atoms in total. The van der Waals surface area contributed by atoms with Crippen LogP contribution in [0.1, 0.15) is 19.4 Å². The lowest BCUT2D eigenvalue weighted by Crippen LogP contribution is -2.36. The van der Waals surface area contributed by atoms with E-state index in [0.29, 0.717) is 11.4 Å². The van der Waals surface area contributed by atoms with Crippen molar-refractivity contribution in [3.8, 4) is 0 Å². The largest absolute Gasteiger partial charge is 0.357 e. The number of benzene rings is 1. The maximum absolute atomic E-state index is 11.3. The first-order valence-electron chi connectivity index (χ1n) is 6.28. The van der Waals surface area contributed by atoms with Gasteiger partial charge in [-0.3, -0.25) is 0 Å². The molecule has 1 aromatic carbocycles. The van der Waals surface area contributed by atoms with E-state index in [2.05, 4.69) is 15.6 Å². The minimum Gasteiger partial charge on any atom is -0.357 e. The van der Waals surface area contributed by atoms with Crippen molar-refractivity contribution in [2.75, 3.05) is 19.3 Å². The minimum atomic E-state index is -3.13. The van der Waals surface area contributed by atoms with Crippen molar-refractivity contribution >= 4 is 39.8 Å². The lowest BCUT2D eigenvalue weighted by atomic mass is 10.2. The average Bonchev–Trinajstić information content (AvgIpc) is 2.36. The zero-order chi connectivity index (χ0) is 14.3. The predicted molar refractivity (Wildman–Crippen MR) is 93.5 cm³/mol. The second-order valence-corrected chi connectivity index (χ2v) is 6.16. The molecule has 114 valence electrons. The van der Waals surface area contributed by atoms with Crippen LogP contribution in [0.4, 0.5) is 0 Å². The van der Waals surface area contributed by atoms with Crippen LogP contribution in [0.5, 0.6) is 0 Å². The molecule has 0 fully saturated rings. The summed E-state index contributed by atoms with van der Waals surface area (Å²) in [4.78, 5) is 4.74. The third-order valence-electron chi connectivity index (χ3n) is 2.46. The van der Waals surface area contributed by atoms with Gasteiger partial charge in [0, 0.05) is 19.3 Å². The molecular formula is C13H22IN3O2S. The monoisotopic (exact) mass is 411 g/mol. The van der Waals surface area contributed by atoms with E-state index in [1.807, 2.05) is 13.8 Å². The topological polar surface area (TPSA) is 70.6 Å². The van der Waals surface area contributed by atoms with Gasteiger partial charge in [-0.2, -0.15) is 0 Å². The van der Waals surface area contributed by atoms with Gasteiger partial charge in [-0.1, -0.05) is 12.1 Å². The molecule has 1 aromatic rings. The van der Waals surface area contributed by atoms with Crippen molar-refractivity contribution in [3.05, 3.63) is 29.8 Å². The van der Waals surface area contributed by atoms with Gasteiger partial charge >= 0.3 is 0 Å². The predicted octanol–water partition coefficient (Wildman–Crippen LogP) is 1.78. The zero-order valence-corrected chi connectivity index (χ0v) is 15.2. The van der Waals surface area contributed by atoms with Gasteiger partial charge in [-0.25, -0.2) is 13.4 Å². The quantitative estimate of drug-likeness (QED) is 0.440. The summed E-state index contributed by atoms with van der Waals surface area (Å²) in [7, 11) is -3.13. The molecule has 0 saturated carbocycles. The summed E-state index contributed by atoms with van der Waals surface area (Å²) < 4.78 is 22.7. The molecule has 0 amide bonds. The lowest BCUT2D eigenvalue weighted by Gasteiger charge is -2.09. The Morgan fingerprint density at radius 1 is 1.10 bits per heavy atom. The Hall–Kier alpha value is -0.830. The van der Waals surface area contributed by atoms with E-state index < -0.39 is 9.84 Å². The number of aliphatic imine (C=N–C) groups is 1. The first kappa shape index (κ1) is 19.2. The molecule has 0 aliphatic rings. The first-order chi connectivity index (χ1) is 8.97. The van der Waals surface area contributed by atoms with Gasteiger partial charge in [0.2, 0.25) is 0 Å². The Labute approximate surface area is 138 Å². The van der Waals surface area contributed by atoms with E-state index >= 15 is 0 Å². The van der Waals surface area contributed by atoms with E-state index in [0.717, 1.165) is 24.6 Å². The van der Waals surface area contributed by atoms with Crippen LogP contribution in [0, 0.1) is 0 Å². The van der Waals surface area contributed by atoms with Crippen LogP contribution in [0.2, 0.25) is 0 Å². The summed E-state index contributed by atoms with van der Waals surface area (Å²) in [6, 6.07) is 6.80. The number of sulfone groups is 1. The molecule has 0 saturated heterocycles. The number of rotatable bonds is 5. The minimum absolute atomic E-state index is 0. The second kappa shape index (κ2) is 9.17. The molecule has 0 aliphatic heterocycles. The Bertz CT molecular complexity index is 519. The summed E-state index contributed by atoms with van der Waals surface area (Å²) in [5.74, 6) is 0.761. The van der Waals surface area contributed by atoms with Gasteiger partial charge in [0.25, 0.3) is 0 Å². The molecule has 0 bridgehead atoms. The molecule has 2 N–H and O–H groups in total. The fourth-order valence-corrected chi connectivity index (χ4v) is 2.15. The maximum atomic E-state index is 11.3. The third-order valence-corrected chi connectivity index (χ3v) is 3.59. The first-order valence-corrected chi connectivity index (χ1v) is 8.17. The van der Waals surface area contributed by atoms with Crippen molar-refractivity contribution < 1.29 is 8.42 Å². The summed E-state index contributed by atoms with van der Waals surface area (Å²) in [5, 5.41) is 6.26.